The van der Waals surface area contributed by atoms with Gasteiger partial charge in [-0.3, -0.25) is 9.78 Å². The van der Waals surface area contributed by atoms with E-state index in [1.165, 1.54) is 18.5 Å². The van der Waals surface area contributed by atoms with Gasteiger partial charge in [0.15, 0.2) is 11.6 Å². The van der Waals surface area contributed by atoms with Crippen LogP contribution >= 0.6 is 0 Å². The molecule has 92 valence electrons. The zero-order valence-corrected chi connectivity index (χ0v) is 9.15. The number of aromatic nitrogens is 1. The molecule has 0 atom stereocenters. The summed E-state index contributed by atoms with van der Waals surface area (Å²) in [6.45, 7) is 0. The van der Waals surface area contributed by atoms with Crippen LogP contribution < -0.4 is 11.1 Å². The molecule has 2 aromatic rings. The van der Waals surface area contributed by atoms with E-state index in [2.05, 4.69) is 10.3 Å². The molecule has 18 heavy (non-hydrogen) atoms. The third-order valence-corrected chi connectivity index (χ3v) is 2.30. The molecule has 1 aromatic carbocycles. The lowest BCUT2D eigenvalue weighted by Gasteiger charge is -2.08. The van der Waals surface area contributed by atoms with E-state index in [-0.39, 0.29) is 5.69 Å². The Labute approximate surface area is 101 Å². The van der Waals surface area contributed by atoms with Crippen molar-refractivity contribution in [2.24, 2.45) is 0 Å². The maximum atomic E-state index is 13.2. The van der Waals surface area contributed by atoms with Gasteiger partial charge in [-0.15, -0.1) is 0 Å². The van der Waals surface area contributed by atoms with E-state index < -0.39 is 23.2 Å². The molecule has 0 saturated heterocycles. The van der Waals surface area contributed by atoms with Gasteiger partial charge in [-0.2, -0.15) is 0 Å². The molecule has 2 rings (SSSR count). The lowest BCUT2D eigenvalue weighted by Crippen LogP contribution is -2.14. The number of pyridine rings is 1. The van der Waals surface area contributed by atoms with Crippen LogP contribution in [-0.2, 0) is 0 Å². The fraction of sp³-hybridized carbons (Fsp3) is 0. The first-order valence-corrected chi connectivity index (χ1v) is 5.04. The summed E-state index contributed by atoms with van der Waals surface area (Å²) in [5.74, 6) is -2.74. The highest BCUT2D eigenvalue weighted by Gasteiger charge is 2.13. The normalized spacial score (nSPS) is 10.1. The average Bonchev–Trinajstić information content (AvgIpc) is 2.40. The number of nitrogens with zero attached hydrogens (tertiary/aromatic N) is 1. The molecular formula is C12H9F2N3O. The Morgan fingerprint density at radius 3 is 2.72 bits per heavy atom. The van der Waals surface area contributed by atoms with Gasteiger partial charge in [0.2, 0.25) is 0 Å². The van der Waals surface area contributed by atoms with Gasteiger partial charge in [-0.05, 0) is 24.3 Å². The zero-order chi connectivity index (χ0) is 13.1. The third kappa shape index (κ3) is 2.27. The van der Waals surface area contributed by atoms with E-state index in [4.69, 9.17) is 5.73 Å². The lowest BCUT2D eigenvalue weighted by atomic mass is 10.2. The number of rotatable bonds is 2. The molecular weight excluding hydrogens is 240 g/mol. The number of hydrogen-bond donors (Lipinski definition) is 2. The summed E-state index contributed by atoms with van der Waals surface area (Å²) in [7, 11) is 0. The summed E-state index contributed by atoms with van der Waals surface area (Å²) in [5, 5.41) is 2.38. The van der Waals surface area contributed by atoms with Crippen molar-refractivity contribution in [1.29, 1.82) is 0 Å². The van der Waals surface area contributed by atoms with Crippen molar-refractivity contribution in [3.8, 4) is 0 Å². The number of nitrogens with two attached hydrogens (primary N) is 1. The van der Waals surface area contributed by atoms with Crippen LogP contribution in [0.1, 0.15) is 10.4 Å². The van der Waals surface area contributed by atoms with Crippen LogP contribution in [0.5, 0.6) is 0 Å². The van der Waals surface area contributed by atoms with E-state index >= 15 is 0 Å². The first kappa shape index (κ1) is 12.0. The number of nitrogen functional groups attached to an aromatic ring is 1. The summed E-state index contributed by atoms with van der Waals surface area (Å²) in [6.07, 6.45) is 2.87. The van der Waals surface area contributed by atoms with Gasteiger partial charge in [-0.1, -0.05) is 0 Å². The molecule has 0 saturated carbocycles. The quantitative estimate of drug-likeness (QED) is 0.801. The highest BCUT2D eigenvalue weighted by atomic mass is 19.2. The number of benzene rings is 1. The van der Waals surface area contributed by atoms with Crippen LogP contribution in [0.15, 0.2) is 36.7 Å². The van der Waals surface area contributed by atoms with Gasteiger partial charge in [-0.25, -0.2) is 8.78 Å². The Hall–Kier alpha value is -2.50. The number of halogens is 2. The highest BCUT2D eigenvalue weighted by molar-refractivity contribution is 6.05. The van der Waals surface area contributed by atoms with Gasteiger partial charge in [0.25, 0.3) is 5.91 Å². The van der Waals surface area contributed by atoms with Gasteiger partial charge >= 0.3 is 0 Å². The standard InChI is InChI=1S/C12H9F2N3O/c13-8-3-4-9(11(15)10(8)14)17-12(18)7-2-1-5-16-6-7/h1-6H,15H2,(H,17,18). The van der Waals surface area contributed by atoms with Crippen LogP contribution in [0.25, 0.3) is 0 Å². The molecule has 6 heteroatoms. The van der Waals surface area contributed by atoms with Crippen molar-refractivity contribution in [3.05, 3.63) is 53.9 Å². The lowest BCUT2D eigenvalue weighted by molar-refractivity contribution is 0.102. The van der Waals surface area contributed by atoms with Crippen LogP contribution in [-0.4, -0.2) is 10.9 Å². The molecule has 4 nitrogen and oxygen atoms in total. The van der Waals surface area contributed by atoms with Gasteiger partial charge in [0.1, 0.15) is 0 Å². The average molecular weight is 249 g/mol. The summed E-state index contributed by atoms with van der Waals surface area (Å²) in [6, 6.07) is 5.22. The molecule has 1 heterocycles. The smallest absolute Gasteiger partial charge is 0.257 e. The Morgan fingerprint density at radius 2 is 2.06 bits per heavy atom. The van der Waals surface area contributed by atoms with E-state index in [1.54, 1.807) is 12.1 Å². The predicted molar refractivity (Wildman–Crippen MR) is 63.0 cm³/mol. The Balaban J connectivity index is 2.26. The summed E-state index contributed by atoms with van der Waals surface area (Å²) in [5.41, 5.74) is 5.24. The number of nitrogens with one attached hydrogen (secondary N) is 1. The molecule has 0 aliphatic heterocycles. The second-order valence-electron chi connectivity index (χ2n) is 3.52. The maximum Gasteiger partial charge on any atom is 0.257 e. The van der Waals surface area contributed by atoms with E-state index in [0.29, 0.717) is 5.56 Å². The van der Waals surface area contributed by atoms with Crippen molar-refractivity contribution in [2.45, 2.75) is 0 Å². The van der Waals surface area contributed by atoms with Crippen molar-refractivity contribution in [3.63, 3.8) is 0 Å². The highest BCUT2D eigenvalue weighted by Crippen LogP contribution is 2.24. The second-order valence-corrected chi connectivity index (χ2v) is 3.52. The number of amides is 1. The molecule has 0 radical (unpaired) electrons. The third-order valence-electron chi connectivity index (χ3n) is 2.30. The van der Waals surface area contributed by atoms with Gasteiger partial charge in [0.05, 0.1) is 16.9 Å². The summed E-state index contributed by atoms with van der Waals surface area (Å²) in [4.78, 5) is 15.5. The van der Waals surface area contributed by atoms with Crippen LogP contribution in [0.4, 0.5) is 20.2 Å². The molecule has 1 amide bonds. The first-order valence-electron chi connectivity index (χ1n) is 5.04. The fourth-order valence-corrected chi connectivity index (χ4v) is 1.37. The van der Waals surface area contributed by atoms with Crippen molar-refractivity contribution < 1.29 is 13.6 Å². The largest absolute Gasteiger partial charge is 0.395 e. The Morgan fingerprint density at radius 1 is 1.28 bits per heavy atom. The molecule has 3 N–H and O–H groups in total. The molecule has 0 aliphatic rings. The number of carbonyl (C=O) groups excluding carboxylic acids is 1. The predicted octanol–water partition coefficient (Wildman–Crippen LogP) is 2.19. The van der Waals surface area contributed by atoms with E-state index in [0.717, 1.165) is 6.07 Å². The number of hydrogen-bond acceptors (Lipinski definition) is 3. The minimum absolute atomic E-state index is 0.0164. The first-order chi connectivity index (χ1) is 8.59. The molecule has 0 unspecified atom stereocenters. The van der Waals surface area contributed by atoms with Crippen LogP contribution in [0, 0.1) is 11.6 Å². The maximum absolute atomic E-state index is 13.2. The van der Waals surface area contributed by atoms with Crippen molar-refractivity contribution in [2.75, 3.05) is 11.1 Å². The monoisotopic (exact) mass is 249 g/mol. The zero-order valence-electron chi connectivity index (χ0n) is 9.15. The molecule has 1 aromatic heterocycles. The van der Waals surface area contributed by atoms with Crippen LogP contribution in [0.3, 0.4) is 0 Å². The summed E-state index contributed by atoms with van der Waals surface area (Å²) < 4.78 is 26.0. The molecule has 0 aliphatic carbocycles. The van der Waals surface area contributed by atoms with Gasteiger partial charge < -0.3 is 11.1 Å². The number of carbonyl (C=O) groups is 1. The SMILES string of the molecule is Nc1c(NC(=O)c2cccnc2)ccc(F)c1F. The Bertz CT molecular complexity index is 587. The van der Waals surface area contributed by atoms with Crippen molar-refractivity contribution >= 4 is 17.3 Å². The minimum Gasteiger partial charge on any atom is -0.395 e. The van der Waals surface area contributed by atoms with Crippen molar-refractivity contribution in [1.82, 2.24) is 4.98 Å². The van der Waals surface area contributed by atoms with Crippen LogP contribution in [0.2, 0.25) is 0 Å². The number of anilines is 2. The molecule has 0 bridgehead atoms. The second kappa shape index (κ2) is 4.79. The Kier molecular flexibility index (Phi) is 3.18. The van der Waals surface area contributed by atoms with E-state index in [9.17, 15) is 13.6 Å². The fourth-order valence-electron chi connectivity index (χ4n) is 1.37. The minimum atomic E-state index is -1.18. The van der Waals surface area contributed by atoms with Gasteiger partial charge in [0, 0.05) is 12.4 Å². The molecule has 0 fully saturated rings. The topological polar surface area (TPSA) is 68.0 Å². The van der Waals surface area contributed by atoms with E-state index in [1.807, 2.05) is 0 Å². The molecule has 0 spiro atoms. The summed E-state index contributed by atoms with van der Waals surface area (Å²) >= 11 is 0.